The van der Waals surface area contributed by atoms with Crippen molar-refractivity contribution < 1.29 is 62.2 Å². The van der Waals surface area contributed by atoms with Crippen LogP contribution in [-0.4, -0.2) is 97.7 Å². The number of benzene rings is 2. The van der Waals surface area contributed by atoms with Crippen LogP contribution in [0.1, 0.15) is 109 Å². The first kappa shape index (κ1) is 44.2. The van der Waals surface area contributed by atoms with Gasteiger partial charge in [0.25, 0.3) is 0 Å². The molecule has 0 unspecified atom stereocenters. The van der Waals surface area contributed by atoms with Crippen LogP contribution >= 0.6 is 0 Å². The minimum Gasteiger partial charge on any atom is -0.463 e. The predicted molar refractivity (Wildman–Crippen MR) is 203 cm³/mol. The molecule has 2 aromatic rings. The molecule has 0 radical (unpaired) electrons. The van der Waals surface area contributed by atoms with Gasteiger partial charge in [0.1, 0.15) is 19.3 Å². The lowest BCUT2D eigenvalue weighted by atomic mass is 9.97. The lowest BCUT2D eigenvalue weighted by Crippen LogP contribution is -2.64. The molecule has 308 valence electrons. The number of hydrogen-bond donors (Lipinski definition) is 2. The van der Waals surface area contributed by atoms with Crippen molar-refractivity contribution in [2.75, 3.05) is 19.8 Å². The predicted octanol–water partition coefficient (Wildman–Crippen LogP) is 5.89. The number of carbonyl (C=O) groups is 5. The molecule has 1 aliphatic heterocycles. The maximum atomic E-state index is 13.5. The maximum Gasteiger partial charge on any atom is 0.407 e. The lowest BCUT2D eigenvalue weighted by Gasteiger charge is -2.45. The first-order valence-corrected chi connectivity index (χ1v) is 19.6. The molecule has 14 heteroatoms. The van der Waals surface area contributed by atoms with E-state index in [1.807, 2.05) is 48.5 Å². The molecule has 0 aromatic heterocycles. The highest BCUT2D eigenvalue weighted by Gasteiger charge is 2.53. The third-order valence-corrected chi connectivity index (χ3v) is 9.89. The zero-order valence-corrected chi connectivity index (χ0v) is 33.1. The van der Waals surface area contributed by atoms with Crippen molar-refractivity contribution in [3.8, 4) is 11.1 Å². The van der Waals surface area contributed by atoms with E-state index in [1.165, 1.54) is 19.8 Å². The topological polar surface area (TPSA) is 182 Å². The molecule has 0 saturated carbocycles. The average Bonchev–Trinajstić information content (AvgIpc) is 3.48. The van der Waals surface area contributed by atoms with E-state index in [1.54, 1.807) is 0 Å². The SMILES string of the molecule is CCCCCCCCCC[C@@H](O[C@@H]1O[C@H](COC(C)=O)[C@@H](OC(C)=O)[C@H](OC(C)=O)[C@H]1OC(C)=O)[C@@H](CO)NC(=O)OCC1c2ccccc2-c2ccccc21. The summed E-state index contributed by atoms with van der Waals surface area (Å²) in [6, 6.07) is 14.9. The molecule has 0 spiro atoms. The lowest BCUT2D eigenvalue weighted by molar-refractivity contribution is -0.319. The van der Waals surface area contributed by atoms with Crippen molar-refractivity contribution in [3.05, 3.63) is 59.7 Å². The van der Waals surface area contributed by atoms with Gasteiger partial charge in [0.15, 0.2) is 24.6 Å². The van der Waals surface area contributed by atoms with Gasteiger partial charge in [0.2, 0.25) is 0 Å². The Labute approximate surface area is 328 Å². The summed E-state index contributed by atoms with van der Waals surface area (Å²) < 4.78 is 40.3. The van der Waals surface area contributed by atoms with Crippen molar-refractivity contribution in [2.24, 2.45) is 0 Å². The molecule has 56 heavy (non-hydrogen) atoms. The molecular formula is C42H57NO13. The van der Waals surface area contributed by atoms with Gasteiger partial charge >= 0.3 is 30.0 Å². The van der Waals surface area contributed by atoms with Crippen molar-refractivity contribution >= 4 is 30.0 Å². The van der Waals surface area contributed by atoms with Gasteiger partial charge < -0.3 is 43.6 Å². The quantitative estimate of drug-likeness (QED) is 0.0870. The molecule has 2 N–H and O–H groups in total. The van der Waals surface area contributed by atoms with E-state index in [4.69, 9.17) is 33.2 Å². The molecule has 1 aliphatic carbocycles. The average molecular weight is 784 g/mol. The highest BCUT2D eigenvalue weighted by atomic mass is 16.7. The molecule has 1 fully saturated rings. The molecule has 14 nitrogen and oxygen atoms in total. The van der Waals surface area contributed by atoms with Crippen molar-refractivity contribution in [3.63, 3.8) is 0 Å². The Kier molecular flexibility index (Phi) is 17.6. The molecule has 2 aromatic carbocycles. The maximum absolute atomic E-state index is 13.5. The Bertz CT molecular complexity index is 1570. The second-order valence-electron chi connectivity index (χ2n) is 14.3. The van der Waals surface area contributed by atoms with E-state index in [0.717, 1.165) is 75.1 Å². The summed E-state index contributed by atoms with van der Waals surface area (Å²) in [7, 11) is 0. The van der Waals surface area contributed by atoms with Crippen LogP contribution < -0.4 is 5.32 Å². The fraction of sp³-hybridized carbons (Fsp3) is 0.595. The third-order valence-electron chi connectivity index (χ3n) is 9.89. The van der Waals surface area contributed by atoms with Crippen LogP contribution in [0.5, 0.6) is 0 Å². The largest absolute Gasteiger partial charge is 0.463 e. The number of aliphatic hydroxyl groups excluding tert-OH is 1. The smallest absolute Gasteiger partial charge is 0.407 e. The molecule has 0 bridgehead atoms. The van der Waals surface area contributed by atoms with E-state index in [2.05, 4.69) is 12.2 Å². The Morgan fingerprint density at radius 3 is 1.77 bits per heavy atom. The number of esters is 4. The van der Waals surface area contributed by atoms with E-state index >= 15 is 0 Å². The zero-order chi connectivity index (χ0) is 40.6. The second-order valence-corrected chi connectivity index (χ2v) is 14.3. The van der Waals surface area contributed by atoms with Gasteiger partial charge in [0, 0.05) is 33.6 Å². The van der Waals surface area contributed by atoms with Gasteiger partial charge in [-0.3, -0.25) is 19.2 Å². The highest BCUT2D eigenvalue weighted by Crippen LogP contribution is 2.44. The molecule has 1 amide bonds. The normalized spacial score (nSPS) is 21.1. The fourth-order valence-electron chi connectivity index (χ4n) is 7.36. The summed E-state index contributed by atoms with van der Waals surface area (Å²) in [5.74, 6) is -3.16. The monoisotopic (exact) mass is 783 g/mol. The summed E-state index contributed by atoms with van der Waals surface area (Å²) in [5, 5.41) is 13.5. The van der Waals surface area contributed by atoms with E-state index < -0.39 is 86.0 Å². The first-order chi connectivity index (χ1) is 26.9. The van der Waals surface area contributed by atoms with E-state index in [0.29, 0.717) is 12.8 Å². The Morgan fingerprint density at radius 1 is 0.679 bits per heavy atom. The Morgan fingerprint density at radius 2 is 1.21 bits per heavy atom. The molecule has 4 rings (SSSR count). The van der Waals surface area contributed by atoms with Crippen LogP contribution in [0, 0.1) is 0 Å². The van der Waals surface area contributed by atoms with Crippen LogP contribution in [0.2, 0.25) is 0 Å². The van der Waals surface area contributed by atoms with Crippen LogP contribution in [0.4, 0.5) is 4.79 Å². The number of rotatable bonds is 21. The van der Waals surface area contributed by atoms with Gasteiger partial charge in [0.05, 0.1) is 18.8 Å². The number of aliphatic hydroxyl groups is 1. The summed E-state index contributed by atoms with van der Waals surface area (Å²) in [6.07, 6.45) is -0.232. The molecule has 1 heterocycles. The van der Waals surface area contributed by atoms with Crippen LogP contribution in [-0.2, 0) is 52.3 Å². The number of hydrogen-bond acceptors (Lipinski definition) is 13. The standard InChI is InChI=1S/C42H57NO13/c1-6-7-8-9-10-11-12-13-22-36(35(23-44)43-42(49)51-24-34-32-20-16-14-18-30(32)31-19-15-17-21-33(31)34)55-41-40(54-29(5)48)39(53-28(4)47)38(52-27(3)46)37(56-41)25-50-26(2)45/h14-21,34-41,44H,6-13,22-25H2,1-5H3,(H,43,49)/t35-,36-,37-,38-,39+,40-,41-/m1/s1. The van der Waals surface area contributed by atoms with Crippen molar-refractivity contribution in [2.45, 2.75) is 141 Å². The minimum atomic E-state index is -1.49. The fourth-order valence-corrected chi connectivity index (χ4v) is 7.36. The van der Waals surface area contributed by atoms with E-state index in [9.17, 15) is 29.1 Å². The van der Waals surface area contributed by atoms with Crippen LogP contribution in [0.3, 0.4) is 0 Å². The van der Waals surface area contributed by atoms with Gasteiger partial charge in [-0.2, -0.15) is 0 Å². The summed E-state index contributed by atoms with van der Waals surface area (Å²) in [4.78, 5) is 62.3. The molecule has 1 saturated heterocycles. The highest BCUT2D eigenvalue weighted by molar-refractivity contribution is 5.79. The summed E-state index contributed by atoms with van der Waals surface area (Å²) >= 11 is 0. The number of nitrogens with one attached hydrogen (secondary N) is 1. The van der Waals surface area contributed by atoms with Crippen LogP contribution in [0.25, 0.3) is 11.1 Å². The Balaban J connectivity index is 1.57. The Hall–Kier alpha value is -4.53. The zero-order valence-electron chi connectivity index (χ0n) is 33.1. The minimum absolute atomic E-state index is 0.0429. The van der Waals surface area contributed by atoms with E-state index in [-0.39, 0.29) is 12.5 Å². The third kappa shape index (κ3) is 12.8. The van der Waals surface area contributed by atoms with Gasteiger partial charge in [-0.15, -0.1) is 0 Å². The summed E-state index contributed by atoms with van der Waals surface area (Å²) in [6.45, 7) is 5.82. The van der Waals surface area contributed by atoms with Gasteiger partial charge in [-0.25, -0.2) is 4.79 Å². The molecule has 7 atom stereocenters. The first-order valence-electron chi connectivity index (χ1n) is 19.6. The number of unbranched alkanes of at least 4 members (excludes halogenated alkanes) is 7. The van der Waals surface area contributed by atoms with Crippen molar-refractivity contribution in [1.29, 1.82) is 0 Å². The van der Waals surface area contributed by atoms with Crippen LogP contribution in [0.15, 0.2) is 48.5 Å². The number of fused-ring (bicyclic) bond motifs is 3. The summed E-state index contributed by atoms with van der Waals surface area (Å²) in [5.41, 5.74) is 4.24. The number of carbonyl (C=O) groups excluding carboxylic acids is 5. The van der Waals surface area contributed by atoms with Crippen molar-refractivity contribution in [1.82, 2.24) is 5.32 Å². The van der Waals surface area contributed by atoms with Gasteiger partial charge in [-0.05, 0) is 28.7 Å². The van der Waals surface area contributed by atoms with Gasteiger partial charge in [-0.1, -0.05) is 107 Å². The molecular weight excluding hydrogens is 726 g/mol. The second kappa shape index (κ2) is 22.3. The number of alkyl carbamates (subject to hydrolysis) is 1. The number of amides is 1. The number of ether oxygens (including phenoxy) is 7. The molecule has 2 aliphatic rings.